The van der Waals surface area contributed by atoms with Gasteiger partial charge in [-0.1, -0.05) is 26.8 Å². The lowest BCUT2D eigenvalue weighted by Gasteiger charge is -2.60. The third-order valence-electron chi connectivity index (χ3n) is 7.89. The Morgan fingerprint density at radius 2 is 2.03 bits per heavy atom. The molecule has 1 aromatic heterocycles. The van der Waals surface area contributed by atoms with Crippen LogP contribution in [0.4, 0.5) is 4.79 Å². The Morgan fingerprint density at radius 3 is 2.69 bits per heavy atom. The van der Waals surface area contributed by atoms with E-state index >= 15 is 0 Å². The predicted octanol–water partition coefficient (Wildman–Crippen LogP) is 3.45. The maximum Gasteiger partial charge on any atom is 0.407 e. The van der Waals surface area contributed by atoms with Crippen molar-refractivity contribution in [2.45, 2.75) is 78.0 Å². The summed E-state index contributed by atoms with van der Waals surface area (Å²) in [5.41, 5.74) is -0.947. The third-order valence-corrected chi connectivity index (χ3v) is 8.77. The van der Waals surface area contributed by atoms with Gasteiger partial charge in [-0.15, -0.1) is 11.3 Å². The molecule has 0 saturated heterocycles. The van der Waals surface area contributed by atoms with Gasteiger partial charge in [-0.05, 0) is 60.8 Å². The summed E-state index contributed by atoms with van der Waals surface area (Å²) in [5.74, 6) is -0.228. The Labute approximate surface area is 194 Å². The van der Waals surface area contributed by atoms with Crippen molar-refractivity contribution in [3.63, 3.8) is 0 Å². The van der Waals surface area contributed by atoms with Gasteiger partial charge in [0.05, 0.1) is 19.3 Å². The summed E-state index contributed by atoms with van der Waals surface area (Å²) in [4.78, 5) is 26.1. The van der Waals surface area contributed by atoms with E-state index in [1.807, 2.05) is 31.4 Å². The Kier molecular flexibility index (Phi) is 8.22. The highest BCUT2D eigenvalue weighted by molar-refractivity contribution is 7.09. The summed E-state index contributed by atoms with van der Waals surface area (Å²) in [7, 11) is 0. The molecule has 2 saturated carbocycles. The van der Waals surface area contributed by atoms with Crippen molar-refractivity contribution in [3.05, 3.63) is 22.4 Å². The molecule has 1 aromatic rings. The summed E-state index contributed by atoms with van der Waals surface area (Å²) in [5, 5.41) is 29.1. The number of alkyl carbamates (subject to hydrolysis) is 1. The molecule has 6 unspecified atom stereocenters. The maximum atomic E-state index is 12.8. The van der Waals surface area contributed by atoms with Gasteiger partial charge in [-0.25, -0.2) is 4.79 Å². The second kappa shape index (κ2) is 10.5. The van der Waals surface area contributed by atoms with Crippen LogP contribution in [0.3, 0.4) is 0 Å². The fourth-order valence-corrected chi connectivity index (χ4v) is 6.69. The second-order valence-corrected chi connectivity index (χ2v) is 10.9. The first-order chi connectivity index (χ1) is 15.2. The molecule has 3 rings (SSSR count). The van der Waals surface area contributed by atoms with Crippen molar-refractivity contribution in [3.8, 4) is 0 Å². The van der Waals surface area contributed by atoms with E-state index < -0.39 is 23.7 Å². The Balaban J connectivity index is 1.72. The highest BCUT2D eigenvalue weighted by Gasteiger charge is 2.60. The summed E-state index contributed by atoms with van der Waals surface area (Å²) in [6, 6.07) is 3.95. The zero-order chi connectivity index (χ0) is 23.4. The molecule has 7 nitrogen and oxygen atoms in total. The fraction of sp³-hybridized carbons (Fsp3) is 0.750. The molecule has 180 valence electrons. The summed E-state index contributed by atoms with van der Waals surface area (Å²) >= 11 is 1.60. The molecule has 0 bridgehead atoms. The number of carbonyl (C=O) groups excluding carboxylic acids is 2. The van der Waals surface area contributed by atoms with E-state index in [2.05, 4.69) is 17.6 Å². The first-order valence-electron chi connectivity index (χ1n) is 11.8. The quantitative estimate of drug-likeness (QED) is 0.469. The van der Waals surface area contributed by atoms with E-state index in [1.165, 1.54) is 0 Å². The lowest BCUT2D eigenvalue weighted by Crippen LogP contribution is -2.61. The first kappa shape index (κ1) is 25.0. The molecule has 8 heteroatoms. The number of thiophene rings is 1. The molecular weight excluding hydrogens is 428 g/mol. The van der Waals surface area contributed by atoms with Crippen molar-refractivity contribution in [1.29, 1.82) is 0 Å². The van der Waals surface area contributed by atoms with Crippen LogP contribution in [0.5, 0.6) is 0 Å². The van der Waals surface area contributed by atoms with Crippen LogP contribution in [0.25, 0.3) is 0 Å². The maximum absolute atomic E-state index is 12.8. The molecule has 1 heterocycles. The Morgan fingerprint density at radius 1 is 1.25 bits per heavy atom. The van der Waals surface area contributed by atoms with Gasteiger partial charge in [0.25, 0.3) is 0 Å². The standard InChI is InChI=1S/C24H38N2O5S/c1-4-11-25-22(30)31-20-9-10-23(2)17(13-21(29)26-14-16-6-5-12-32-16)18(28)7-8-19(23)24(20,3)15-27/h5-6,12,17-20,27-28H,4,7-11,13-15H2,1-3H3,(H,25,30)(H,26,29). The number of aliphatic hydroxyl groups excluding tert-OH is 2. The molecule has 2 aliphatic rings. The molecule has 0 radical (unpaired) electrons. The number of carbonyl (C=O) groups is 2. The number of rotatable bonds is 8. The van der Waals surface area contributed by atoms with Gasteiger partial charge in [0.1, 0.15) is 6.10 Å². The van der Waals surface area contributed by atoms with Crippen molar-refractivity contribution in [2.75, 3.05) is 13.2 Å². The third kappa shape index (κ3) is 5.13. The molecule has 2 fully saturated rings. The molecule has 0 aromatic carbocycles. The average molecular weight is 467 g/mol. The van der Waals surface area contributed by atoms with Gasteiger partial charge in [-0.3, -0.25) is 4.79 Å². The van der Waals surface area contributed by atoms with E-state index in [4.69, 9.17) is 4.74 Å². The number of nitrogens with one attached hydrogen (secondary N) is 2. The smallest absolute Gasteiger partial charge is 0.407 e. The predicted molar refractivity (Wildman–Crippen MR) is 124 cm³/mol. The van der Waals surface area contributed by atoms with E-state index in [0.29, 0.717) is 25.9 Å². The van der Waals surface area contributed by atoms with Gasteiger partial charge in [0.2, 0.25) is 5.91 Å². The number of ether oxygens (including phenoxy) is 1. The number of hydrogen-bond acceptors (Lipinski definition) is 6. The summed E-state index contributed by atoms with van der Waals surface area (Å²) in [6.07, 6.45) is 2.33. The van der Waals surface area contributed by atoms with Crippen LogP contribution >= 0.6 is 11.3 Å². The van der Waals surface area contributed by atoms with Crippen molar-refractivity contribution >= 4 is 23.3 Å². The molecule has 6 atom stereocenters. The monoisotopic (exact) mass is 466 g/mol. The molecule has 32 heavy (non-hydrogen) atoms. The van der Waals surface area contributed by atoms with E-state index in [9.17, 15) is 19.8 Å². The zero-order valence-electron chi connectivity index (χ0n) is 19.4. The van der Waals surface area contributed by atoms with Crippen molar-refractivity contribution in [1.82, 2.24) is 10.6 Å². The number of amides is 2. The normalized spacial score (nSPS) is 34.4. The number of aliphatic hydroxyl groups is 2. The topological polar surface area (TPSA) is 108 Å². The molecule has 4 N–H and O–H groups in total. The van der Waals surface area contributed by atoms with Crippen molar-refractivity contribution in [2.24, 2.45) is 22.7 Å². The summed E-state index contributed by atoms with van der Waals surface area (Å²) in [6.45, 7) is 7.05. The lowest BCUT2D eigenvalue weighted by atomic mass is 9.46. The van der Waals surface area contributed by atoms with E-state index in [0.717, 1.165) is 24.1 Å². The number of fused-ring (bicyclic) bond motifs is 1. The largest absolute Gasteiger partial charge is 0.446 e. The van der Waals surface area contributed by atoms with Crippen LogP contribution in [0.2, 0.25) is 0 Å². The van der Waals surface area contributed by atoms with Gasteiger partial charge in [-0.2, -0.15) is 0 Å². The lowest BCUT2D eigenvalue weighted by molar-refractivity contribution is -0.186. The zero-order valence-corrected chi connectivity index (χ0v) is 20.2. The van der Waals surface area contributed by atoms with Gasteiger partial charge in [0, 0.05) is 23.3 Å². The second-order valence-electron chi connectivity index (χ2n) is 9.89. The SMILES string of the molecule is CCCNC(=O)OC1CCC2(C)C(CC(=O)NCc3cccs3)C(O)CCC2C1(C)CO. The minimum absolute atomic E-state index is 0.0382. The summed E-state index contributed by atoms with van der Waals surface area (Å²) < 4.78 is 5.77. The van der Waals surface area contributed by atoms with Crippen molar-refractivity contribution < 1.29 is 24.5 Å². The van der Waals surface area contributed by atoms with E-state index in [1.54, 1.807) is 11.3 Å². The Hall–Kier alpha value is -1.64. The van der Waals surface area contributed by atoms with Gasteiger partial charge >= 0.3 is 6.09 Å². The highest BCUT2D eigenvalue weighted by Crippen LogP contribution is 2.61. The Bertz CT molecular complexity index is 772. The highest BCUT2D eigenvalue weighted by atomic mass is 32.1. The van der Waals surface area contributed by atoms with Crippen LogP contribution in [-0.2, 0) is 16.1 Å². The van der Waals surface area contributed by atoms with Crippen LogP contribution < -0.4 is 10.6 Å². The van der Waals surface area contributed by atoms with Crippen LogP contribution in [-0.4, -0.2) is 47.6 Å². The molecular formula is C24H38N2O5S. The first-order valence-corrected chi connectivity index (χ1v) is 12.6. The minimum atomic E-state index is -0.623. The van der Waals surface area contributed by atoms with Gasteiger partial charge in [0.15, 0.2) is 0 Å². The number of hydrogen-bond donors (Lipinski definition) is 4. The van der Waals surface area contributed by atoms with Crippen LogP contribution in [0.15, 0.2) is 17.5 Å². The van der Waals surface area contributed by atoms with E-state index in [-0.39, 0.29) is 36.2 Å². The molecule has 2 amide bonds. The van der Waals surface area contributed by atoms with Gasteiger partial charge < -0.3 is 25.6 Å². The van der Waals surface area contributed by atoms with Crippen LogP contribution in [0, 0.1) is 22.7 Å². The molecule has 0 aliphatic heterocycles. The molecule has 2 aliphatic carbocycles. The minimum Gasteiger partial charge on any atom is -0.446 e. The fourth-order valence-electron chi connectivity index (χ4n) is 6.05. The van der Waals surface area contributed by atoms with Crippen LogP contribution in [0.1, 0.15) is 64.2 Å². The molecule has 0 spiro atoms. The average Bonchev–Trinajstić information content (AvgIpc) is 3.29.